The topological polar surface area (TPSA) is 38.3 Å². The van der Waals surface area contributed by atoms with E-state index in [1.807, 2.05) is 24.3 Å². The van der Waals surface area contributed by atoms with Crippen molar-refractivity contribution in [1.82, 2.24) is 0 Å². The van der Waals surface area contributed by atoms with Gasteiger partial charge in [0.05, 0.1) is 12.2 Å². The Morgan fingerprint density at radius 3 is 2.86 bits per heavy atom. The summed E-state index contributed by atoms with van der Waals surface area (Å²) in [4.78, 5) is 12.4. The summed E-state index contributed by atoms with van der Waals surface area (Å²) in [6.45, 7) is 0.459. The predicted molar refractivity (Wildman–Crippen MR) is 84.5 cm³/mol. The quantitative estimate of drug-likeness (QED) is 0.929. The average molecular weight is 322 g/mol. The molecule has 2 aromatic rings. The third kappa shape index (κ3) is 3.14. The second-order valence-electron chi connectivity index (χ2n) is 4.86. The van der Waals surface area contributed by atoms with E-state index in [1.165, 1.54) is 0 Å². The minimum atomic E-state index is -0.508. The van der Waals surface area contributed by atoms with E-state index in [9.17, 15) is 4.79 Å². The van der Waals surface area contributed by atoms with Crippen LogP contribution in [0.5, 0.6) is 5.75 Å². The third-order valence-corrected chi connectivity index (χ3v) is 3.96. The first-order chi connectivity index (χ1) is 10.1. The summed E-state index contributed by atoms with van der Waals surface area (Å²) in [5.41, 5.74) is 1.67. The Hall–Kier alpha value is -1.71. The fourth-order valence-electron chi connectivity index (χ4n) is 2.26. The van der Waals surface area contributed by atoms with E-state index in [4.69, 9.17) is 27.9 Å². The van der Waals surface area contributed by atoms with Crippen molar-refractivity contribution in [3.05, 3.63) is 58.1 Å². The highest BCUT2D eigenvalue weighted by Crippen LogP contribution is 2.29. The van der Waals surface area contributed by atoms with Crippen LogP contribution >= 0.6 is 23.2 Å². The van der Waals surface area contributed by atoms with Gasteiger partial charge in [-0.3, -0.25) is 4.79 Å². The monoisotopic (exact) mass is 321 g/mol. The number of para-hydroxylation sites is 2. The molecule has 0 saturated carbocycles. The van der Waals surface area contributed by atoms with Crippen molar-refractivity contribution < 1.29 is 9.53 Å². The molecule has 0 bridgehead atoms. The summed E-state index contributed by atoms with van der Waals surface area (Å²) in [6, 6.07) is 12.7. The maximum atomic E-state index is 12.4. The first-order valence-corrected chi connectivity index (χ1v) is 7.35. The summed E-state index contributed by atoms with van der Waals surface area (Å²) in [5.74, 6) is 0.686. The summed E-state index contributed by atoms with van der Waals surface area (Å²) < 4.78 is 5.75. The van der Waals surface area contributed by atoms with Crippen molar-refractivity contribution in [2.75, 3.05) is 11.9 Å². The largest absolute Gasteiger partial charge is 0.479 e. The lowest BCUT2D eigenvalue weighted by atomic mass is 10.0. The lowest BCUT2D eigenvalue weighted by Gasteiger charge is -2.26. The SMILES string of the molecule is O=C(Cc1ccc(Cl)cc1Cl)C1CNc2ccccc2O1. The molecule has 0 saturated heterocycles. The van der Waals surface area contributed by atoms with Crippen LogP contribution < -0.4 is 10.1 Å². The van der Waals surface area contributed by atoms with Crippen molar-refractivity contribution in [2.24, 2.45) is 0 Å². The molecule has 1 unspecified atom stereocenters. The average Bonchev–Trinajstić information content (AvgIpc) is 2.49. The van der Waals surface area contributed by atoms with E-state index < -0.39 is 6.10 Å². The first-order valence-electron chi connectivity index (χ1n) is 6.59. The number of benzene rings is 2. The molecule has 21 heavy (non-hydrogen) atoms. The maximum absolute atomic E-state index is 12.4. The van der Waals surface area contributed by atoms with Crippen LogP contribution in [0, 0.1) is 0 Å². The molecule has 0 fully saturated rings. The normalized spacial score (nSPS) is 16.6. The van der Waals surface area contributed by atoms with Crippen LogP contribution in [0.1, 0.15) is 5.56 Å². The molecular formula is C16H13Cl2NO2. The minimum absolute atomic E-state index is 0.0128. The van der Waals surface area contributed by atoms with Crippen LogP contribution in [0.3, 0.4) is 0 Å². The first kappa shape index (κ1) is 14.2. The van der Waals surface area contributed by atoms with E-state index in [-0.39, 0.29) is 12.2 Å². The number of hydrogen-bond acceptors (Lipinski definition) is 3. The molecule has 108 valence electrons. The molecule has 3 rings (SSSR count). The van der Waals surface area contributed by atoms with Crippen molar-refractivity contribution in [1.29, 1.82) is 0 Å². The van der Waals surface area contributed by atoms with Gasteiger partial charge in [-0.25, -0.2) is 0 Å². The summed E-state index contributed by atoms with van der Waals surface area (Å²) in [7, 11) is 0. The van der Waals surface area contributed by atoms with Gasteiger partial charge in [-0.2, -0.15) is 0 Å². The second-order valence-corrected chi connectivity index (χ2v) is 5.71. The van der Waals surface area contributed by atoms with Gasteiger partial charge in [0.2, 0.25) is 0 Å². The maximum Gasteiger partial charge on any atom is 0.179 e. The Kier molecular flexibility index (Phi) is 4.04. The molecule has 1 atom stereocenters. The van der Waals surface area contributed by atoms with Gasteiger partial charge >= 0.3 is 0 Å². The summed E-state index contributed by atoms with van der Waals surface area (Å²) in [6.07, 6.45) is -0.281. The fourth-order valence-corrected chi connectivity index (χ4v) is 2.73. The van der Waals surface area contributed by atoms with Crippen LogP contribution in [0.2, 0.25) is 10.0 Å². The molecule has 5 heteroatoms. The Morgan fingerprint density at radius 2 is 2.05 bits per heavy atom. The Labute approximate surface area is 132 Å². The molecule has 0 aliphatic carbocycles. The summed E-state index contributed by atoms with van der Waals surface area (Å²) >= 11 is 12.0. The van der Waals surface area contributed by atoms with Gasteiger partial charge in [0.1, 0.15) is 5.75 Å². The molecule has 1 N–H and O–H groups in total. The fraction of sp³-hybridized carbons (Fsp3) is 0.188. The number of fused-ring (bicyclic) bond motifs is 1. The van der Waals surface area contributed by atoms with Crippen LogP contribution in [0.4, 0.5) is 5.69 Å². The standard InChI is InChI=1S/C16H13Cl2NO2/c17-11-6-5-10(12(18)8-11)7-14(20)16-9-19-13-3-1-2-4-15(13)21-16/h1-6,8,16,19H,7,9H2. The molecule has 2 aromatic carbocycles. The number of nitrogens with one attached hydrogen (secondary N) is 1. The molecular weight excluding hydrogens is 309 g/mol. The highest BCUT2D eigenvalue weighted by atomic mass is 35.5. The Balaban J connectivity index is 1.72. The van der Waals surface area contributed by atoms with Gasteiger partial charge in [-0.05, 0) is 29.8 Å². The van der Waals surface area contributed by atoms with Gasteiger partial charge in [-0.1, -0.05) is 41.4 Å². The summed E-state index contributed by atoms with van der Waals surface area (Å²) in [5, 5.41) is 4.26. The van der Waals surface area contributed by atoms with Crippen LogP contribution in [0.15, 0.2) is 42.5 Å². The lowest BCUT2D eigenvalue weighted by Crippen LogP contribution is -2.38. The number of rotatable bonds is 3. The van der Waals surface area contributed by atoms with Crippen molar-refractivity contribution in [2.45, 2.75) is 12.5 Å². The number of carbonyl (C=O) groups excluding carboxylic acids is 1. The lowest BCUT2D eigenvalue weighted by molar-refractivity contribution is -0.124. The molecule has 1 aliphatic rings. The van der Waals surface area contributed by atoms with Crippen LogP contribution in [0.25, 0.3) is 0 Å². The van der Waals surface area contributed by atoms with Crippen molar-refractivity contribution in [3.8, 4) is 5.75 Å². The zero-order valence-electron chi connectivity index (χ0n) is 11.1. The van der Waals surface area contributed by atoms with E-state index in [1.54, 1.807) is 18.2 Å². The molecule has 3 nitrogen and oxygen atoms in total. The van der Waals surface area contributed by atoms with E-state index >= 15 is 0 Å². The van der Waals surface area contributed by atoms with E-state index in [0.717, 1.165) is 11.3 Å². The van der Waals surface area contributed by atoms with Gasteiger partial charge < -0.3 is 10.1 Å². The molecule has 1 heterocycles. The molecule has 1 aliphatic heterocycles. The van der Waals surface area contributed by atoms with E-state index in [2.05, 4.69) is 5.32 Å². The number of halogens is 2. The Morgan fingerprint density at radius 1 is 1.24 bits per heavy atom. The highest BCUT2D eigenvalue weighted by molar-refractivity contribution is 6.35. The second kappa shape index (κ2) is 5.96. The third-order valence-electron chi connectivity index (χ3n) is 3.37. The minimum Gasteiger partial charge on any atom is -0.479 e. The Bertz CT molecular complexity index is 688. The van der Waals surface area contributed by atoms with Crippen molar-refractivity contribution >= 4 is 34.7 Å². The smallest absolute Gasteiger partial charge is 0.179 e. The zero-order chi connectivity index (χ0) is 14.8. The van der Waals surface area contributed by atoms with Gasteiger partial charge in [-0.15, -0.1) is 0 Å². The molecule has 0 aromatic heterocycles. The highest BCUT2D eigenvalue weighted by Gasteiger charge is 2.25. The van der Waals surface area contributed by atoms with Crippen LogP contribution in [-0.4, -0.2) is 18.4 Å². The zero-order valence-corrected chi connectivity index (χ0v) is 12.6. The van der Waals surface area contributed by atoms with Gasteiger partial charge in [0.15, 0.2) is 11.9 Å². The predicted octanol–water partition coefficient (Wildman–Crippen LogP) is 3.98. The molecule has 0 spiro atoms. The number of ketones is 1. The van der Waals surface area contributed by atoms with E-state index in [0.29, 0.717) is 22.3 Å². The van der Waals surface area contributed by atoms with Crippen LogP contribution in [-0.2, 0) is 11.2 Å². The molecule has 0 radical (unpaired) electrons. The molecule has 0 amide bonds. The number of Topliss-reactive ketones (excluding diaryl/α,β-unsaturated/α-hetero) is 1. The van der Waals surface area contributed by atoms with Gasteiger partial charge in [0, 0.05) is 16.5 Å². The number of carbonyl (C=O) groups is 1. The van der Waals surface area contributed by atoms with Gasteiger partial charge in [0.25, 0.3) is 0 Å². The number of anilines is 1. The number of ether oxygens (including phenoxy) is 1. The van der Waals surface area contributed by atoms with Crippen molar-refractivity contribution in [3.63, 3.8) is 0 Å². The number of hydrogen-bond donors (Lipinski definition) is 1.